The summed E-state index contributed by atoms with van der Waals surface area (Å²) in [5.41, 5.74) is 5.42. The summed E-state index contributed by atoms with van der Waals surface area (Å²) in [6.07, 6.45) is 2.75. The van der Waals surface area contributed by atoms with Crippen LogP contribution in [0.4, 0.5) is 0 Å². The number of pyridine rings is 1. The second-order valence-electron chi connectivity index (χ2n) is 4.76. The number of hydrogen-bond donors (Lipinski definition) is 0. The zero-order valence-electron chi connectivity index (χ0n) is 10.9. The van der Waals surface area contributed by atoms with Crippen molar-refractivity contribution in [2.24, 2.45) is 0 Å². The van der Waals surface area contributed by atoms with Crippen LogP contribution in [0.3, 0.4) is 0 Å². The summed E-state index contributed by atoms with van der Waals surface area (Å²) < 4.78 is 1.83. The number of aromatic nitrogens is 2. The fourth-order valence-electron chi connectivity index (χ4n) is 2.20. The molecule has 3 aromatic rings. The van der Waals surface area contributed by atoms with Gasteiger partial charge in [-0.3, -0.25) is 9.20 Å². The van der Waals surface area contributed by atoms with Crippen LogP contribution >= 0.6 is 0 Å². The molecule has 19 heavy (non-hydrogen) atoms. The van der Waals surface area contributed by atoms with Gasteiger partial charge in [0.2, 0.25) is 0 Å². The minimum absolute atomic E-state index is 0.596. The van der Waals surface area contributed by atoms with E-state index in [4.69, 9.17) is 0 Å². The van der Waals surface area contributed by atoms with E-state index in [-0.39, 0.29) is 0 Å². The molecule has 0 unspecified atom stereocenters. The molecule has 3 rings (SSSR count). The molecule has 0 fully saturated rings. The van der Waals surface area contributed by atoms with Gasteiger partial charge >= 0.3 is 0 Å². The van der Waals surface area contributed by atoms with Crippen molar-refractivity contribution in [2.45, 2.75) is 13.8 Å². The predicted octanol–water partition coefficient (Wildman–Crippen LogP) is 3.43. The number of nitrogens with zero attached hydrogens (tertiary/aromatic N) is 2. The van der Waals surface area contributed by atoms with Gasteiger partial charge in [0.15, 0.2) is 6.29 Å². The Balaban J connectivity index is 2.28. The first-order chi connectivity index (χ1) is 9.19. The molecule has 0 saturated heterocycles. The van der Waals surface area contributed by atoms with Crippen molar-refractivity contribution in [3.8, 4) is 11.3 Å². The first kappa shape index (κ1) is 11.7. The van der Waals surface area contributed by atoms with Crippen LogP contribution in [-0.4, -0.2) is 15.7 Å². The summed E-state index contributed by atoms with van der Waals surface area (Å²) in [6.45, 7) is 4.05. The lowest BCUT2D eigenvalue weighted by atomic mass is 10.1. The Kier molecular flexibility index (Phi) is 2.67. The van der Waals surface area contributed by atoms with Crippen LogP contribution < -0.4 is 0 Å². The molecule has 3 heteroatoms. The van der Waals surface area contributed by atoms with Gasteiger partial charge in [0, 0.05) is 11.8 Å². The molecule has 3 nitrogen and oxygen atoms in total. The van der Waals surface area contributed by atoms with E-state index >= 15 is 0 Å². The van der Waals surface area contributed by atoms with Crippen molar-refractivity contribution in [3.63, 3.8) is 0 Å². The zero-order valence-corrected chi connectivity index (χ0v) is 10.9. The highest BCUT2D eigenvalue weighted by molar-refractivity contribution is 5.86. The molecule has 0 saturated carbocycles. The molecule has 0 bridgehead atoms. The fourth-order valence-corrected chi connectivity index (χ4v) is 2.20. The smallest absolute Gasteiger partial charge is 0.169 e. The maximum atomic E-state index is 11.4. The van der Waals surface area contributed by atoms with Gasteiger partial charge in [-0.05, 0) is 31.5 Å². The van der Waals surface area contributed by atoms with Crippen LogP contribution in [0.2, 0.25) is 0 Å². The van der Waals surface area contributed by atoms with E-state index in [1.54, 1.807) is 0 Å². The summed E-state index contributed by atoms with van der Waals surface area (Å²) in [4.78, 5) is 15.9. The first-order valence-electron chi connectivity index (χ1n) is 6.20. The summed E-state index contributed by atoms with van der Waals surface area (Å²) in [6, 6.07) is 12.0. The quantitative estimate of drug-likeness (QED) is 0.653. The highest BCUT2D eigenvalue weighted by Gasteiger charge is 2.13. The second-order valence-corrected chi connectivity index (χ2v) is 4.76. The lowest BCUT2D eigenvalue weighted by Crippen LogP contribution is -1.92. The standard InChI is InChI=1S/C16H14N2O/c1-11-3-5-13(6-4-11)16-14(10-19)18-8-7-12(2)9-15(18)17-16/h3-10H,1-2H3. The molecule has 0 aliphatic rings. The second kappa shape index (κ2) is 4.35. The number of aryl methyl sites for hydroxylation is 2. The normalized spacial score (nSPS) is 10.8. The lowest BCUT2D eigenvalue weighted by molar-refractivity contribution is 0.111. The molecule has 0 radical (unpaired) electrons. The number of fused-ring (bicyclic) bond motifs is 1. The van der Waals surface area contributed by atoms with Crippen molar-refractivity contribution in [2.75, 3.05) is 0 Å². The van der Waals surface area contributed by atoms with Crippen LogP contribution in [-0.2, 0) is 0 Å². The highest BCUT2D eigenvalue weighted by Crippen LogP contribution is 2.24. The number of rotatable bonds is 2. The van der Waals surface area contributed by atoms with E-state index < -0.39 is 0 Å². The van der Waals surface area contributed by atoms with Gasteiger partial charge < -0.3 is 0 Å². The maximum Gasteiger partial charge on any atom is 0.169 e. The zero-order chi connectivity index (χ0) is 13.4. The monoisotopic (exact) mass is 250 g/mol. The van der Waals surface area contributed by atoms with Gasteiger partial charge in [-0.1, -0.05) is 29.8 Å². The highest BCUT2D eigenvalue weighted by atomic mass is 16.1. The van der Waals surface area contributed by atoms with Crippen LogP contribution in [0.25, 0.3) is 16.9 Å². The number of benzene rings is 1. The SMILES string of the molecule is Cc1ccc(-c2nc3cc(C)ccn3c2C=O)cc1. The van der Waals surface area contributed by atoms with Crippen LogP contribution in [0.1, 0.15) is 21.6 Å². The molecule has 0 amide bonds. The fraction of sp³-hybridized carbons (Fsp3) is 0.125. The van der Waals surface area contributed by atoms with Crippen LogP contribution in [0.15, 0.2) is 42.6 Å². The van der Waals surface area contributed by atoms with Crippen molar-refractivity contribution in [3.05, 3.63) is 59.4 Å². The third-order valence-electron chi connectivity index (χ3n) is 3.26. The Morgan fingerprint density at radius 2 is 1.79 bits per heavy atom. The topological polar surface area (TPSA) is 34.4 Å². The summed E-state index contributed by atoms with van der Waals surface area (Å²) in [7, 11) is 0. The average molecular weight is 250 g/mol. The molecule has 0 atom stereocenters. The molecule has 2 heterocycles. The first-order valence-corrected chi connectivity index (χ1v) is 6.20. The Morgan fingerprint density at radius 1 is 1.05 bits per heavy atom. The Bertz CT molecular complexity index is 754. The molecule has 94 valence electrons. The predicted molar refractivity (Wildman–Crippen MR) is 75.5 cm³/mol. The minimum atomic E-state index is 0.596. The summed E-state index contributed by atoms with van der Waals surface area (Å²) in [5, 5.41) is 0. The van der Waals surface area contributed by atoms with Gasteiger partial charge in [0.1, 0.15) is 17.0 Å². The molecular formula is C16H14N2O. The minimum Gasteiger partial charge on any atom is -0.297 e. The number of carbonyl (C=O) groups is 1. The molecule has 0 N–H and O–H groups in total. The van der Waals surface area contributed by atoms with Gasteiger partial charge in [-0.2, -0.15) is 0 Å². The molecule has 1 aromatic carbocycles. The third kappa shape index (κ3) is 1.93. The van der Waals surface area contributed by atoms with Crippen LogP contribution in [0.5, 0.6) is 0 Å². The number of hydrogen-bond acceptors (Lipinski definition) is 2. The van der Waals surface area contributed by atoms with Crippen molar-refractivity contribution >= 4 is 11.9 Å². The van der Waals surface area contributed by atoms with Gasteiger partial charge in [0.05, 0.1) is 0 Å². The Morgan fingerprint density at radius 3 is 2.47 bits per heavy atom. The Labute approximate surface area is 111 Å². The Hall–Kier alpha value is -2.42. The van der Waals surface area contributed by atoms with E-state index in [1.807, 2.05) is 60.8 Å². The largest absolute Gasteiger partial charge is 0.297 e. The van der Waals surface area contributed by atoms with E-state index in [1.165, 1.54) is 5.56 Å². The molecule has 0 aliphatic carbocycles. The van der Waals surface area contributed by atoms with E-state index in [9.17, 15) is 4.79 Å². The summed E-state index contributed by atoms with van der Waals surface area (Å²) >= 11 is 0. The molecule has 0 spiro atoms. The molecule has 0 aliphatic heterocycles. The number of carbonyl (C=O) groups excluding carboxylic acids is 1. The van der Waals surface area contributed by atoms with E-state index in [2.05, 4.69) is 4.98 Å². The van der Waals surface area contributed by atoms with Crippen molar-refractivity contribution in [1.82, 2.24) is 9.38 Å². The number of aldehydes is 1. The third-order valence-corrected chi connectivity index (χ3v) is 3.26. The molecule has 2 aromatic heterocycles. The van der Waals surface area contributed by atoms with Crippen molar-refractivity contribution < 1.29 is 4.79 Å². The van der Waals surface area contributed by atoms with Gasteiger partial charge in [-0.25, -0.2) is 4.98 Å². The maximum absolute atomic E-state index is 11.4. The van der Waals surface area contributed by atoms with E-state index in [0.29, 0.717) is 5.69 Å². The van der Waals surface area contributed by atoms with Gasteiger partial charge in [-0.15, -0.1) is 0 Å². The van der Waals surface area contributed by atoms with E-state index in [0.717, 1.165) is 28.8 Å². The van der Waals surface area contributed by atoms with Crippen molar-refractivity contribution in [1.29, 1.82) is 0 Å². The van der Waals surface area contributed by atoms with Gasteiger partial charge in [0.25, 0.3) is 0 Å². The van der Waals surface area contributed by atoms with Crippen LogP contribution in [0, 0.1) is 13.8 Å². The average Bonchev–Trinajstić information content (AvgIpc) is 2.77. The molecular weight excluding hydrogens is 236 g/mol. The summed E-state index contributed by atoms with van der Waals surface area (Å²) in [5.74, 6) is 0. The lowest BCUT2D eigenvalue weighted by Gasteiger charge is -1.99. The number of imidazole rings is 1.